The Labute approximate surface area is 170 Å². The summed E-state index contributed by atoms with van der Waals surface area (Å²) in [5, 5.41) is 2.99. The van der Waals surface area contributed by atoms with Crippen molar-refractivity contribution in [2.75, 3.05) is 31.2 Å². The van der Waals surface area contributed by atoms with Gasteiger partial charge in [-0.2, -0.15) is 0 Å². The summed E-state index contributed by atoms with van der Waals surface area (Å²) in [7, 11) is 0. The number of para-hydroxylation sites is 1. The molecule has 2 heterocycles. The minimum Gasteiger partial charge on any atom is -0.457 e. The number of nitrogens with zero attached hydrogens (tertiary/aromatic N) is 2. The van der Waals surface area contributed by atoms with Gasteiger partial charge in [0.1, 0.15) is 17.3 Å². The lowest BCUT2D eigenvalue weighted by Gasteiger charge is -2.29. The summed E-state index contributed by atoms with van der Waals surface area (Å²) in [6, 6.07) is 20.6. The highest BCUT2D eigenvalue weighted by Gasteiger charge is 2.16. The fraction of sp³-hybridized carbons (Fsp3) is 0.217. The molecule has 0 saturated carbocycles. The number of aromatic nitrogens is 1. The van der Waals surface area contributed by atoms with Gasteiger partial charge in [0.15, 0.2) is 0 Å². The van der Waals surface area contributed by atoms with E-state index in [2.05, 4.69) is 15.2 Å². The highest BCUT2D eigenvalue weighted by atomic mass is 16.5. The Morgan fingerprint density at radius 1 is 1.00 bits per heavy atom. The molecule has 6 heteroatoms. The van der Waals surface area contributed by atoms with Crippen molar-refractivity contribution in [1.82, 2.24) is 10.3 Å². The van der Waals surface area contributed by atoms with Crippen molar-refractivity contribution >= 4 is 11.7 Å². The van der Waals surface area contributed by atoms with Crippen LogP contribution in [0.5, 0.6) is 11.5 Å². The number of anilines is 1. The summed E-state index contributed by atoms with van der Waals surface area (Å²) in [5.74, 6) is 2.10. The highest BCUT2D eigenvalue weighted by Crippen LogP contribution is 2.22. The van der Waals surface area contributed by atoms with Crippen LogP contribution < -0.4 is 15.0 Å². The van der Waals surface area contributed by atoms with Gasteiger partial charge in [-0.15, -0.1) is 0 Å². The second-order valence-electron chi connectivity index (χ2n) is 6.71. The first-order chi connectivity index (χ1) is 14.3. The average Bonchev–Trinajstić information content (AvgIpc) is 2.79. The van der Waals surface area contributed by atoms with Gasteiger partial charge >= 0.3 is 0 Å². The molecule has 0 radical (unpaired) electrons. The predicted molar refractivity (Wildman–Crippen MR) is 111 cm³/mol. The van der Waals surface area contributed by atoms with Gasteiger partial charge < -0.3 is 19.7 Å². The number of nitrogens with one attached hydrogen (secondary N) is 1. The molecule has 0 bridgehead atoms. The zero-order valence-electron chi connectivity index (χ0n) is 16.1. The van der Waals surface area contributed by atoms with Gasteiger partial charge in [-0.25, -0.2) is 4.98 Å². The Balaban J connectivity index is 1.42. The van der Waals surface area contributed by atoms with E-state index in [9.17, 15) is 4.79 Å². The van der Waals surface area contributed by atoms with E-state index in [1.807, 2.05) is 54.6 Å². The monoisotopic (exact) mass is 389 g/mol. The van der Waals surface area contributed by atoms with Gasteiger partial charge in [-0.3, -0.25) is 4.79 Å². The molecule has 0 atom stereocenters. The fourth-order valence-electron chi connectivity index (χ4n) is 3.23. The number of rotatable bonds is 6. The van der Waals surface area contributed by atoms with E-state index < -0.39 is 0 Å². The number of hydrogen-bond donors (Lipinski definition) is 1. The minimum absolute atomic E-state index is 0.153. The molecule has 1 saturated heterocycles. The fourth-order valence-corrected chi connectivity index (χ4v) is 3.23. The van der Waals surface area contributed by atoms with Crippen LogP contribution in [0.25, 0.3) is 0 Å². The van der Waals surface area contributed by atoms with Crippen LogP contribution in [0.3, 0.4) is 0 Å². The summed E-state index contributed by atoms with van der Waals surface area (Å²) in [4.78, 5) is 19.4. The molecule has 148 valence electrons. The van der Waals surface area contributed by atoms with Crippen LogP contribution in [-0.4, -0.2) is 37.2 Å². The van der Waals surface area contributed by atoms with Crippen LogP contribution in [0.2, 0.25) is 0 Å². The molecule has 0 spiro atoms. The molecule has 29 heavy (non-hydrogen) atoms. The van der Waals surface area contributed by atoms with Crippen molar-refractivity contribution in [3.63, 3.8) is 0 Å². The smallest absolute Gasteiger partial charge is 0.251 e. The van der Waals surface area contributed by atoms with Crippen LogP contribution in [0, 0.1) is 0 Å². The summed E-state index contributed by atoms with van der Waals surface area (Å²) in [5.41, 5.74) is 1.54. The molecular formula is C23H23N3O3. The Bertz CT molecular complexity index is 956. The molecule has 3 aromatic rings. The molecule has 0 unspecified atom stereocenters. The number of carbonyl (C=O) groups is 1. The second kappa shape index (κ2) is 9.21. The second-order valence-corrected chi connectivity index (χ2v) is 6.71. The standard InChI is InChI=1S/C23H23N3O3/c27-23(18-6-4-10-21(16-18)29-20-8-2-1-3-9-20)25-17-19-7-5-11-24-22(19)26-12-14-28-15-13-26/h1-11,16H,12-15,17H2,(H,25,27). The average molecular weight is 389 g/mol. The number of hydrogen-bond acceptors (Lipinski definition) is 5. The third-order valence-electron chi connectivity index (χ3n) is 4.69. The number of benzene rings is 2. The number of ether oxygens (including phenoxy) is 2. The van der Waals surface area contributed by atoms with E-state index in [1.54, 1.807) is 18.3 Å². The van der Waals surface area contributed by atoms with Crippen LogP contribution in [0.4, 0.5) is 5.82 Å². The number of amides is 1. The quantitative estimate of drug-likeness (QED) is 0.697. The van der Waals surface area contributed by atoms with E-state index in [1.165, 1.54) is 0 Å². The summed E-state index contributed by atoms with van der Waals surface area (Å²) >= 11 is 0. The Morgan fingerprint density at radius 2 is 1.79 bits per heavy atom. The van der Waals surface area contributed by atoms with Crippen molar-refractivity contribution in [1.29, 1.82) is 0 Å². The van der Waals surface area contributed by atoms with Gasteiger partial charge in [0, 0.05) is 37.0 Å². The Kier molecular flexibility index (Phi) is 6.02. The maximum Gasteiger partial charge on any atom is 0.251 e. The maximum absolute atomic E-state index is 12.7. The highest BCUT2D eigenvalue weighted by molar-refractivity contribution is 5.94. The molecule has 0 aliphatic carbocycles. The molecule has 1 amide bonds. The van der Waals surface area contributed by atoms with Gasteiger partial charge in [0.05, 0.1) is 13.2 Å². The van der Waals surface area contributed by atoms with Crippen LogP contribution >= 0.6 is 0 Å². The van der Waals surface area contributed by atoms with E-state index in [4.69, 9.17) is 9.47 Å². The molecule has 2 aromatic carbocycles. The van der Waals surface area contributed by atoms with Gasteiger partial charge in [0.2, 0.25) is 0 Å². The maximum atomic E-state index is 12.7. The molecule has 1 fully saturated rings. The first kappa shape index (κ1) is 19.0. The normalized spacial score (nSPS) is 13.7. The molecule has 6 nitrogen and oxygen atoms in total. The number of carbonyl (C=O) groups excluding carboxylic acids is 1. The molecule has 4 rings (SSSR count). The van der Waals surface area contributed by atoms with Crippen LogP contribution in [0.15, 0.2) is 72.9 Å². The third kappa shape index (κ3) is 4.92. The van der Waals surface area contributed by atoms with Crippen LogP contribution in [-0.2, 0) is 11.3 Å². The Hall–Kier alpha value is -3.38. The molecule has 1 aliphatic heterocycles. The lowest BCUT2D eigenvalue weighted by molar-refractivity contribution is 0.0950. The largest absolute Gasteiger partial charge is 0.457 e. The van der Waals surface area contributed by atoms with Gasteiger partial charge in [0.25, 0.3) is 5.91 Å². The lowest BCUT2D eigenvalue weighted by Crippen LogP contribution is -2.37. The summed E-state index contributed by atoms with van der Waals surface area (Å²) in [6.07, 6.45) is 1.78. The SMILES string of the molecule is O=C(NCc1cccnc1N1CCOCC1)c1cccc(Oc2ccccc2)c1. The molecule has 1 N–H and O–H groups in total. The van der Waals surface area contributed by atoms with Crippen molar-refractivity contribution in [2.24, 2.45) is 0 Å². The zero-order valence-corrected chi connectivity index (χ0v) is 16.1. The van der Waals surface area contributed by atoms with Gasteiger partial charge in [-0.1, -0.05) is 30.3 Å². The zero-order chi connectivity index (χ0) is 19.9. The minimum atomic E-state index is -0.153. The molecule has 1 aliphatic rings. The first-order valence-electron chi connectivity index (χ1n) is 9.67. The number of morpholine rings is 1. The lowest BCUT2D eigenvalue weighted by atomic mass is 10.2. The van der Waals surface area contributed by atoms with E-state index in [0.29, 0.717) is 31.1 Å². The van der Waals surface area contributed by atoms with Gasteiger partial charge in [-0.05, 0) is 36.4 Å². The third-order valence-corrected chi connectivity index (χ3v) is 4.69. The van der Waals surface area contributed by atoms with E-state index in [0.717, 1.165) is 30.2 Å². The topological polar surface area (TPSA) is 63.7 Å². The van der Waals surface area contributed by atoms with E-state index in [-0.39, 0.29) is 5.91 Å². The Morgan fingerprint density at radius 3 is 2.62 bits per heavy atom. The van der Waals surface area contributed by atoms with Crippen molar-refractivity contribution < 1.29 is 14.3 Å². The van der Waals surface area contributed by atoms with Crippen molar-refractivity contribution in [3.8, 4) is 11.5 Å². The first-order valence-corrected chi connectivity index (χ1v) is 9.67. The summed E-state index contributed by atoms with van der Waals surface area (Å²) in [6.45, 7) is 3.39. The molecule has 1 aromatic heterocycles. The predicted octanol–water partition coefficient (Wildman–Crippen LogP) is 3.64. The van der Waals surface area contributed by atoms with Crippen LogP contribution in [0.1, 0.15) is 15.9 Å². The van der Waals surface area contributed by atoms with Crippen molar-refractivity contribution in [3.05, 3.63) is 84.1 Å². The molecular weight excluding hydrogens is 366 g/mol. The van der Waals surface area contributed by atoms with E-state index >= 15 is 0 Å². The summed E-state index contributed by atoms with van der Waals surface area (Å²) < 4.78 is 11.2. The number of pyridine rings is 1. The van der Waals surface area contributed by atoms with Crippen molar-refractivity contribution in [2.45, 2.75) is 6.54 Å².